The van der Waals surface area contributed by atoms with Gasteiger partial charge in [0.1, 0.15) is 11.6 Å². The van der Waals surface area contributed by atoms with Gasteiger partial charge in [0.15, 0.2) is 0 Å². The lowest BCUT2D eigenvalue weighted by molar-refractivity contribution is 0.0688. The predicted octanol–water partition coefficient (Wildman–Crippen LogP) is 8.81. The summed E-state index contributed by atoms with van der Waals surface area (Å²) in [4.78, 5) is 38.8. The van der Waals surface area contributed by atoms with E-state index in [0.29, 0.717) is 24.2 Å². The Labute approximate surface area is 304 Å². The van der Waals surface area contributed by atoms with Gasteiger partial charge in [0.05, 0.1) is 12.1 Å². The van der Waals surface area contributed by atoms with E-state index in [4.69, 9.17) is 0 Å². The highest BCUT2D eigenvalue weighted by atomic mass is 32.1. The monoisotopic (exact) mass is 718 g/mol. The zero-order chi connectivity index (χ0) is 35.5. The lowest BCUT2D eigenvalue weighted by Gasteiger charge is -2.36. The van der Waals surface area contributed by atoms with Gasteiger partial charge in [0.2, 0.25) is 0 Å². The number of benzene rings is 3. The van der Waals surface area contributed by atoms with Gasteiger partial charge in [-0.2, -0.15) is 0 Å². The van der Waals surface area contributed by atoms with Crippen LogP contribution in [0.2, 0.25) is 0 Å². The molecule has 0 fully saturated rings. The molecule has 2 aliphatic rings. The molecule has 5 heterocycles. The number of fused-ring (bicyclic) bond motifs is 2. The summed E-state index contributed by atoms with van der Waals surface area (Å²) in [7, 11) is 4.02. The summed E-state index contributed by atoms with van der Waals surface area (Å²) in [6.45, 7) is 1.31. The third-order valence-corrected chi connectivity index (χ3v) is 11.4. The Bertz CT molecular complexity index is 2110. The molecule has 0 spiro atoms. The molecule has 6 aromatic rings. The molecule has 3 aromatic heterocycles. The Morgan fingerprint density at radius 1 is 0.627 bits per heavy atom. The lowest BCUT2D eigenvalue weighted by atomic mass is 9.92. The fourth-order valence-electron chi connectivity index (χ4n) is 6.81. The van der Waals surface area contributed by atoms with Crippen molar-refractivity contribution in [2.75, 3.05) is 32.1 Å². The minimum absolute atomic E-state index is 0.0615. The molecule has 0 saturated carbocycles. The number of nitrogens with zero attached hydrogens (tertiary/aromatic N) is 4. The van der Waals surface area contributed by atoms with Crippen LogP contribution in [-0.2, 0) is 12.8 Å². The van der Waals surface area contributed by atoms with Crippen molar-refractivity contribution in [2.45, 2.75) is 24.9 Å². The van der Waals surface area contributed by atoms with Gasteiger partial charge in [-0.1, -0.05) is 12.1 Å². The number of anilines is 1. The molecule has 10 heteroatoms. The van der Waals surface area contributed by atoms with Gasteiger partial charge >= 0.3 is 0 Å². The van der Waals surface area contributed by atoms with Crippen molar-refractivity contribution in [1.29, 1.82) is 0 Å². The fraction of sp³-hybridized carbons (Fsp3) is 0.195. The number of rotatable bonds is 5. The second kappa shape index (κ2) is 15.0. The number of thiophene rings is 2. The van der Waals surface area contributed by atoms with Crippen molar-refractivity contribution < 1.29 is 18.4 Å². The zero-order valence-electron chi connectivity index (χ0n) is 28.2. The zero-order valence-corrected chi connectivity index (χ0v) is 29.8. The molecule has 0 aliphatic carbocycles. The van der Waals surface area contributed by atoms with Gasteiger partial charge < -0.3 is 14.7 Å². The Morgan fingerprint density at radius 2 is 1.06 bits per heavy atom. The van der Waals surface area contributed by atoms with Gasteiger partial charge in [0, 0.05) is 66.1 Å². The molecule has 0 N–H and O–H groups in total. The number of hydrogen-bond acceptors (Lipinski definition) is 6. The smallest absolute Gasteiger partial charge is 0.254 e. The van der Waals surface area contributed by atoms with E-state index in [1.807, 2.05) is 36.0 Å². The highest BCUT2D eigenvalue weighted by Gasteiger charge is 2.34. The Balaban J connectivity index is 0.000000160. The minimum atomic E-state index is -0.337. The molecule has 258 valence electrons. The molecule has 51 heavy (non-hydrogen) atoms. The Morgan fingerprint density at radius 3 is 1.49 bits per heavy atom. The number of pyridine rings is 1. The van der Waals surface area contributed by atoms with Crippen LogP contribution in [0.1, 0.15) is 64.8 Å². The van der Waals surface area contributed by atoms with Crippen LogP contribution in [0.25, 0.3) is 0 Å². The van der Waals surface area contributed by atoms with Crippen LogP contribution in [0.5, 0.6) is 0 Å². The highest BCUT2D eigenvalue weighted by Crippen LogP contribution is 2.40. The van der Waals surface area contributed by atoms with Crippen LogP contribution >= 0.6 is 22.7 Å². The predicted molar refractivity (Wildman–Crippen MR) is 200 cm³/mol. The maximum Gasteiger partial charge on any atom is 0.254 e. The first kappa shape index (κ1) is 34.3. The molecule has 3 aromatic carbocycles. The average Bonchev–Trinajstić information content (AvgIpc) is 3.85. The number of aromatic nitrogens is 1. The number of halogens is 2. The van der Waals surface area contributed by atoms with Crippen LogP contribution in [-0.4, -0.2) is 53.8 Å². The summed E-state index contributed by atoms with van der Waals surface area (Å²) in [6.07, 6.45) is 5.20. The molecule has 8 rings (SSSR count). The molecule has 2 unspecified atom stereocenters. The number of carbonyl (C=O) groups is 2. The second-order valence-corrected chi connectivity index (χ2v) is 14.7. The van der Waals surface area contributed by atoms with Crippen molar-refractivity contribution in [2.24, 2.45) is 0 Å². The van der Waals surface area contributed by atoms with Crippen LogP contribution in [0, 0.1) is 11.6 Å². The van der Waals surface area contributed by atoms with E-state index in [1.165, 1.54) is 45.1 Å². The van der Waals surface area contributed by atoms with Gasteiger partial charge in [0.25, 0.3) is 11.8 Å². The fourth-order valence-corrected chi connectivity index (χ4v) is 8.61. The minimum Gasteiger partial charge on any atom is -0.378 e. The summed E-state index contributed by atoms with van der Waals surface area (Å²) in [5.74, 6) is -0.806. The van der Waals surface area contributed by atoms with Gasteiger partial charge in [-0.25, -0.2) is 8.78 Å². The van der Waals surface area contributed by atoms with E-state index < -0.39 is 0 Å². The quantitative estimate of drug-likeness (QED) is 0.179. The molecule has 2 atom stereocenters. The Hall–Kier alpha value is -5.19. The Kier molecular flexibility index (Phi) is 10.1. The summed E-state index contributed by atoms with van der Waals surface area (Å²) >= 11 is 3.48. The normalized spacial score (nSPS) is 16.4. The average molecular weight is 719 g/mol. The van der Waals surface area contributed by atoms with Crippen LogP contribution in [0.3, 0.4) is 0 Å². The van der Waals surface area contributed by atoms with Gasteiger partial charge in [-0.05, 0) is 131 Å². The summed E-state index contributed by atoms with van der Waals surface area (Å²) < 4.78 is 26.4. The van der Waals surface area contributed by atoms with E-state index in [-0.39, 0.29) is 35.5 Å². The number of hydrogen-bond donors (Lipinski definition) is 0. The molecule has 2 aliphatic heterocycles. The first-order chi connectivity index (χ1) is 24.8. The third-order valence-electron chi connectivity index (χ3n) is 9.38. The number of amides is 2. The maximum atomic E-state index is 13.3. The first-order valence-electron chi connectivity index (χ1n) is 16.7. The molecule has 6 nitrogen and oxygen atoms in total. The highest BCUT2D eigenvalue weighted by molar-refractivity contribution is 7.10. The molecule has 0 saturated heterocycles. The van der Waals surface area contributed by atoms with Crippen molar-refractivity contribution in [3.05, 3.63) is 175 Å². The molecule has 0 radical (unpaired) electrons. The van der Waals surface area contributed by atoms with Crippen LogP contribution in [0.15, 0.2) is 120 Å². The molecule has 2 amide bonds. The summed E-state index contributed by atoms with van der Waals surface area (Å²) in [6, 6.07) is 27.8. The maximum absolute atomic E-state index is 13.3. The van der Waals surface area contributed by atoms with Crippen molar-refractivity contribution in [3.63, 3.8) is 0 Å². The van der Waals surface area contributed by atoms with E-state index in [9.17, 15) is 18.4 Å². The van der Waals surface area contributed by atoms with Crippen molar-refractivity contribution in [3.8, 4) is 0 Å². The van der Waals surface area contributed by atoms with Gasteiger partial charge in [-0.15, -0.1) is 22.7 Å². The van der Waals surface area contributed by atoms with Crippen LogP contribution in [0.4, 0.5) is 14.5 Å². The summed E-state index contributed by atoms with van der Waals surface area (Å²) in [5, 5.41) is 4.17. The van der Waals surface area contributed by atoms with Crippen LogP contribution < -0.4 is 4.90 Å². The van der Waals surface area contributed by atoms with E-state index in [1.54, 1.807) is 59.3 Å². The SMILES string of the molecule is CN(C)c1ccc(C2c3ccsc3CCN2C(=O)c2ccc(F)cc2)cc1.O=C(c1ccc(F)cc1)N1CCc2sccc2C1c1ccncc1. The largest absolute Gasteiger partial charge is 0.378 e. The first-order valence-corrected chi connectivity index (χ1v) is 18.5. The standard InChI is InChI=1S/C22H21FN2OS.C19H15FN2OS/c1-24(2)18-9-5-15(6-10-18)21-19-12-14-27-20(19)11-13-25(21)22(26)16-3-7-17(23)8-4-16;20-15-3-1-14(2-4-15)19(23)22-11-7-17-16(8-12-24-17)18(22)13-5-9-21-10-6-13/h3-10,12,14,21H,11,13H2,1-2H3;1-6,8-10,12,18H,7,11H2. The van der Waals surface area contributed by atoms with Crippen molar-refractivity contribution >= 4 is 40.2 Å². The van der Waals surface area contributed by atoms with E-state index >= 15 is 0 Å². The lowest BCUT2D eigenvalue weighted by Crippen LogP contribution is -2.40. The van der Waals surface area contributed by atoms with Crippen molar-refractivity contribution in [1.82, 2.24) is 14.8 Å². The van der Waals surface area contributed by atoms with Gasteiger partial charge in [-0.3, -0.25) is 14.6 Å². The summed E-state index contributed by atoms with van der Waals surface area (Å²) in [5.41, 5.74) is 6.65. The second-order valence-electron chi connectivity index (χ2n) is 12.7. The van der Waals surface area contributed by atoms with E-state index in [2.05, 4.69) is 57.0 Å². The topological polar surface area (TPSA) is 56.8 Å². The number of carbonyl (C=O) groups excluding carboxylic acids is 2. The molecular weight excluding hydrogens is 683 g/mol. The molecular formula is C41H36F2N4O2S2. The molecule has 0 bridgehead atoms. The third kappa shape index (κ3) is 7.20. The van der Waals surface area contributed by atoms with E-state index in [0.717, 1.165) is 29.7 Å².